The van der Waals surface area contributed by atoms with E-state index in [-0.39, 0.29) is 5.41 Å². The Hall–Kier alpha value is -2.35. The molecule has 2 heteroatoms. The van der Waals surface area contributed by atoms with Gasteiger partial charge in [-0.25, -0.2) is 9.55 Å². The largest absolute Gasteiger partial charge is 0.258 e. The van der Waals surface area contributed by atoms with Gasteiger partial charge in [-0.2, -0.15) is 0 Å². The van der Waals surface area contributed by atoms with E-state index in [4.69, 9.17) is 0 Å². The highest BCUT2D eigenvalue weighted by Crippen LogP contribution is 2.43. The fourth-order valence-electron chi connectivity index (χ4n) is 7.32. The maximum Gasteiger partial charge on any atom is 0.258 e. The lowest BCUT2D eigenvalue weighted by atomic mass is 9.66. The molecule has 1 aromatic heterocycles. The fourth-order valence-corrected chi connectivity index (χ4v) is 7.32. The van der Waals surface area contributed by atoms with Crippen molar-refractivity contribution < 1.29 is 4.57 Å². The van der Waals surface area contributed by atoms with Crippen LogP contribution in [-0.4, -0.2) is 4.98 Å². The van der Waals surface area contributed by atoms with Crippen molar-refractivity contribution in [1.29, 1.82) is 0 Å². The molecule has 0 amide bonds. The molecule has 0 radical (unpaired) electrons. The van der Waals surface area contributed by atoms with Gasteiger partial charge < -0.3 is 0 Å². The summed E-state index contributed by atoms with van der Waals surface area (Å²) < 4.78 is 2.58. The molecule has 2 nitrogen and oxygen atoms in total. The first-order valence-corrected chi connectivity index (χ1v) is 18.8. The van der Waals surface area contributed by atoms with Crippen LogP contribution in [0, 0.1) is 0 Å². The molecule has 2 unspecified atom stereocenters. The molecule has 44 heavy (non-hydrogen) atoms. The van der Waals surface area contributed by atoms with Gasteiger partial charge in [0.05, 0.1) is 12.5 Å². The van der Waals surface area contributed by atoms with E-state index in [1.165, 1.54) is 145 Å². The number of nitrogens with one attached hydrogen (secondary N) is 1. The van der Waals surface area contributed by atoms with Gasteiger partial charge in [0.1, 0.15) is 12.4 Å². The molecule has 0 saturated heterocycles. The molecule has 2 aromatic carbocycles. The fraction of sp³-hybridized carbons (Fsp3) is 0.643. The monoisotopic (exact) mass is 600 g/mol. The summed E-state index contributed by atoms with van der Waals surface area (Å²) in [6.07, 6.45) is 33.1. The second kappa shape index (κ2) is 22.2. The van der Waals surface area contributed by atoms with Gasteiger partial charge in [0.25, 0.3) is 5.82 Å². The molecule has 0 saturated carbocycles. The number of unbranched alkanes of at least 4 members (excludes halogenated alkanes) is 17. The number of hydrogen-bond donors (Lipinski definition) is 1. The number of aromatic nitrogens is 2. The highest BCUT2D eigenvalue weighted by molar-refractivity contribution is 5.32. The predicted molar refractivity (Wildman–Crippen MR) is 191 cm³/mol. The van der Waals surface area contributed by atoms with Gasteiger partial charge in [-0.05, 0) is 36.8 Å². The summed E-state index contributed by atoms with van der Waals surface area (Å²) in [5.41, 5.74) is 2.90. The van der Waals surface area contributed by atoms with E-state index in [1.54, 1.807) is 0 Å². The quantitative estimate of drug-likeness (QED) is 0.0699. The maximum absolute atomic E-state index is 3.79. The van der Waals surface area contributed by atoms with Crippen molar-refractivity contribution >= 4 is 0 Å². The molecule has 0 fully saturated rings. The summed E-state index contributed by atoms with van der Waals surface area (Å²) in [5, 5.41) is 0. The number of H-pyrrole nitrogens is 1. The van der Waals surface area contributed by atoms with Crippen LogP contribution in [0.2, 0.25) is 0 Å². The highest BCUT2D eigenvalue weighted by atomic mass is 15.1. The minimum absolute atomic E-state index is 0.00693. The Labute approximate surface area is 272 Å². The smallest absolute Gasteiger partial charge is 0.247 e. The van der Waals surface area contributed by atoms with E-state index in [2.05, 4.69) is 103 Å². The van der Waals surface area contributed by atoms with E-state index < -0.39 is 0 Å². The van der Waals surface area contributed by atoms with Gasteiger partial charge in [-0.3, -0.25) is 0 Å². The third-order valence-electron chi connectivity index (χ3n) is 10.1. The van der Waals surface area contributed by atoms with Crippen molar-refractivity contribution in [2.24, 2.45) is 0 Å². The number of aryl methyl sites for hydroxylation is 1. The Balaban J connectivity index is 1.68. The molecule has 0 aliphatic heterocycles. The average molecular weight is 600 g/mol. The van der Waals surface area contributed by atoms with Gasteiger partial charge in [0.2, 0.25) is 0 Å². The van der Waals surface area contributed by atoms with E-state index in [9.17, 15) is 0 Å². The number of rotatable bonds is 26. The normalized spacial score (nSPS) is 13.6. The van der Waals surface area contributed by atoms with Crippen LogP contribution in [0.3, 0.4) is 0 Å². The summed E-state index contributed by atoms with van der Waals surface area (Å²) >= 11 is 0. The molecule has 0 spiro atoms. The number of benzene rings is 2. The van der Waals surface area contributed by atoms with Crippen molar-refractivity contribution in [2.45, 2.75) is 173 Å². The maximum atomic E-state index is 3.79. The van der Waals surface area contributed by atoms with Gasteiger partial charge in [-0.15, -0.1) is 0 Å². The van der Waals surface area contributed by atoms with Crippen LogP contribution in [0.25, 0.3) is 0 Å². The number of hydrogen-bond acceptors (Lipinski definition) is 0. The zero-order chi connectivity index (χ0) is 31.1. The van der Waals surface area contributed by atoms with Crippen LogP contribution < -0.4 is 4.57 Å². The standard InChI is InChI=1S/C42H66N2/c1-4-6-8-10-12-14-15-16-17-19-27-33-40(41-43-34-36-44(41)35-28-20-18-13-11-9-7-5-2)42(3,39-31-25-22-26-32-39)37-38-29-23-21-24-30-38/h21-26,29-32,34,36,40H,4-20,27-28,33,35,37H2,1-3H3/p+1. The molecule has 0 bridgehead atoms. The molecular weight excluding hydrogens is 532 g/mol. The van der Waals surface area contributed by atoms with Gasteiger partial charge in [0, 0.05) is 5.41 Å². The third kappa shape index (κ3) is 12.9. The molecule has 244 valence electrons. The van der Waals surface area contributed by atoms with Crippen LogP contribution >= 0.6 is 0 Å². The molecule has 2 atom stereocenters. The van der Waals surface area contributed by atoms with Crippen LogP contribution in [-0.2, 0) is 18.4 Å². The Bertz CT molecular complexity index is 1070. The Morgan fingerprint density at radius 2 is 1.07 bits per heavy atom. The third-order valence-corrected chi connectivity index (χ3v) is 10.1. The first-order valence-electron chi connectivity index (χ1n) is 18.8. The lowest BCUT2D eigenvalue weighted by molar-refractivity contribution is -0.705. The van der Waals surface area contributed by atoms with Crippen molar-refractivity contribution in [3.8, 4) is 0 Å². The Kier molecular flexibility index (Phi) is 18.2. The lowest BCUT2D eigenvalue weighted by Crippen LogP contribution is -2.43. The van der Waals surface area contributed by atoms with Crippen LogP contribution in [0.4, 0.5) is 0 Å². The molecule has 0 aliphatic carbocycles. The lowest BCUT2D eigenvalue weighted by Gasteiger charge is -2.37. The Morgan fingerprint density at radius 1 is 0.591 bits per heavy atom. The Morgan fingerprint density at radius 3 is 1.61 bits per heavy atom. The summed E-state index contributed by atoms with van der Waals surface area (Å²) in [7, 11) is 0. The summed E-state index contributed by atoms with van der Waals surface area (Å²) in [4.78, 5) is 3.79. The van der Waals surface area contributed by atoms with Crippen LogP contribution in [0.5, 0.6) is 0 Å². The first kappa shape index (κ1) is 36.1. The average Bonchev–Trinajstić information content (AvgIpc) is 3.51. The minimum atomic E-state index is 0.00693. The SMILES string of the molecule is CCCCCCCCCCCCCC(c1[nH]cc[n+]1CCCCCCCCCC)C(C)(Cc1ccccc1)c1ccccc1. The van der Waals surface area contributed by atoms with Crippen molar-refractivity contribution in [3.63, 3.8) is 0 Å². The van der Waals surface area contributed by atoms with Crippen LogP contribution in [0.1, 0.15) is 172 Å². The predicted octanol–water partition coefficient (Wildman–Crippen LogP) is 12.4. The van der Waals surface area contributed by atoms with Crippen molar-refractivity contribution in [2.75, 3.05) is 0 Å². The molecule has 0 aliphatic rings. The second-order valence-electron chi connectivity index (χ2n) is 13.8. The summed E-state index contributed by atoms with van der Waals surface area (Å²) in [5.74, 6) is 1.87. The topological polar surface area (TPSA) is 19.7 Å². The minimum Gasteiger partial charge on any atom is -0.247 e. The number of imidazole rings is 1. The zero-order valence-corrected chi connectivity index (χ0v) is 29.0. The van der Waals surface area contributed by atoms with E-state index in [0.29, 0.717) is 5.92 Å². The first-order chi connectivity index (χ1) is 21.7. The molecule has 3 rings (SSSR count). The molecule has 3 aromatic rings. The van der Waals surface area contributed by atoms with Gasteiger partial charge in [0.15, 0.2) is 0 Å². The van der Waals surface area contributed by atoms with Gasteiger partial charge in [-0.1, -0.05) is 191 Å². The highest BCUT2D eigenvalue weighted by Gasteiger charge is 2.41. The van der Waals surface area contributed by atoms with E-state index in [0.717, 1.165) is 13.0 Å². The second-order valence-corrected chi connectivity index (χ2v) is 13.8. The number of aromatic amines is 1. The van der Waals surface area contributed by atoms with E-state index in [1.807, 2.05) is 0 Å². The molecule has 1 N–H and O–H groups in total. The van der Waals surface area contributed by atoms with Gasteiger partial charge >= 0.3 is 0 Å². The zero-order valence-electron chi connectivity index (χ0n) is 29.0. The van der Waals surface area contributed by atoms with Crippen LogP contribution in [0.15, 0.2) is 73.1 Å². The molecular formula is C42H67N2+. The summed E-state index contributed by atoms with van der Waals surface area (Å²) in [6, 6.07) is 22.6. The van der Waals surface area contributed by atoms with Crippen molar-refractivity contribution in [1.82, 2.24) is 4.98 Å². The van der Waals surface area contributed by atoms with Crippen molar-refractivity contribution in [3.05, 3.63) is 90.0 Å². The van der Waals surface area contributed by atoms with E-state index >= 15 is 0 Å². The molecule has 1 heterocycles. The summed E-state index contributed by atoms with van der Waals surface area (Å²) in [6.45, 7) is 8.28. The number of nitrogens with zero attached hydrogens (tertiary/aromatic N) is 1.